The molecule has 5 nitrogen and oxygen atoms in total. The summed E-state index contributed by atoms with van der Waals surface area (Å²) in [7, 11) is 0. The van der Waals surface area contributed by atoms with Gasteiger partial charge in [0, 0.05) is 16.5 Å². The third-order valence-corrected chi connectivity index (χ3v) is 6.33. The fourth-order valence-electron chi connectivity index (χ4n) is 2.89. The number of thiazole rings is 1. The fraction of sp³-hybridized carbons (Fsp3) is 0.0870. The van der Waals surface area contributed by atoms with Crippen molar-refractivity contribution >= 4 is 40.2 Å². The van der Waals surface area contributed by atoms with E-state index in [1.807, 2.05) is 47.8 Å². The van der Waals surface area contributed by atoms with E-state index in [2.05, 4.69) is 5.32 Å². The first-order valence-corrected chi connectivity index (χ1v) is 11.2. The average Bonchev–Trinajstić information content (AvgIpc) is 3.45. The number of nitrogens with one attached hydrogen (secondary N) is 1. The highest BCUT2D eigenvalue weighted by molar-refractivity contribution is 7.17. The largest absolute Gasteiger partial charge is 0.455 e. The lowest BCUT2D eigenvalue weighted by Crippen LogP contribution is -2.22. The molecule has 2 aromatic heterocycles. The maximum Gasteiger partial charge on any atom is 0.311 e. The molecule has 0 aliphatic carbocycles. The van der Waals surface area contributed by atoms with Gasteiger partial charge in [-0.05, 0) is 23.6 Å². The van der Waals surface area contributed by atoms with Crippen LogP contribution < -0.4 is 5.32 Å². The highest BCUT2D eigenvalue weighted by Crippen LogP contribution is 2.36. The molecule has 9 heteroatoms. The van der Waals surface area contributed by atoms with Crippen LogP contribution in [0.4, 0.5) is 14.5 Å². The summed E-state index contributed by atoms with van der Waals surface area (Å²) >= 11 is 2.90. The number of anilines is 1. The minimum atomic E-state index is -0.914. The zero-order chi connectivity index (χ0) is 22.5. The van der Waals surface area contributed by atoms with Crippen LogP contribution in [0.1, 0.15) is 4.88 Å². The summed E-state index contributed by atoms with van der Waals surface area (Å²) in [5, 5.41) is 4.96. The molecule has 0 saturated carbocycles. The number of hydrogen-bond acceptors (Lipinski definition) is 6. The summed E-state index contributed by atoms with van der Waals surface area (Å²) in [6.45, 7) is -0.589. The number of rotatable bonds is 7. The van der Waals surface area contributed by atoms with Crippen LogP contribution >= 0.6 is 22.7 Å². The summed E-state index contributed by atoms with van der Waals surface area (Å²) < 4.78 is 31.7. The van der Waals surface area contributed by atoms with Gasteiger partial charge in [-0.3, -0.25) is 9.59 Å². The third kappa shape index (κ3) is 5.24. The summed E-state index contributed by atoms with van der Waals surface area (Å²) in [4.78, 5) is 30.8. The van der Waals surface area contributed by atoms with E-state index in [9.17, 15) is 18.4 Å². The van der Waals surface area contributed by atoms with Gasteiger partial charge in [0.2, 0.25) is 0 Å². The van der Waals surface area contributed by atoms with Crippen molar-refractivity contribution in [2.24, 2.45) is 0 Å². The lowest BCUT2D eigenvalue weighted by atomic mass is 10.2. The number of hydrogen-bond donors (Lipinski definition) is 1. The van der Waals surface area contributed by atoms with Crippen LogP contribution in [0.25, 0.3) is 21.1 Å². The van der Waals surface area contributed by atoms with Crippen LogP contribution in [-0.2, 0) is 20.7 Å². The Balaban J connectivity index is 1.43. The summed E-state index contributed by atoms with van der Waals surface area (Å²) in [5.74, 6) is -3.01. The van der Waals surface area contributed by atoms with Gasteiger partial charge < -0.3 is 10.1 Å². The number of carbonyl (C=O) groups is 2. The number of benzene rings is 2. The maximum absolute atomic E-state index is 13.7. The van der Waals surface area contributed by atoms with Crippen molar-refractivity contribution in [3.63, 3.8) is 0 Å². The summed E-state index contributed by atoms with van der Waals surface area (Å²) in [6, 6.07) is 16.2. The molecular weight excluding hydrogens is 454 g/mol. The molecule has 0 saturated heterocycles. The monoisotopic (exact) mass is 470 g/mol. The van der Waals surface area contributed by atoms with Gasteiger partial charge in [-0.15, -0.1) is 22.7 Å². The highest BCUT2D eigenvalue weighted by atomic mass is 32.1. The lowest BCUT2D eigenvalue weighted by molar-refractivity contribution is -0.146. The molecular formula is C23H16F2N2O3S2. The zero-order valence-electron chi connectivity index (χ0n) is 16.5. The summed E-state index contributed by atoms with van der Waals surface area (Å²) in [5.41, 5.74) is 1.46. The van der Waals surface area contributed by atoms with Gasteiger partial charge in [0.1, 0.15) is 16.6 Å². The molecule has 0 aliphatic heterocycles. The normalized spacial score (nSPS) is 10.7. The molecule has 0 spiro atoms. The zero-order valence-corrected chi connectivity index (χ0v) is 18.1. The number of aromatic nitrogens is 1. The predicted octanol–water partition coefficient (Wildman–Crippen LogP) is 5.54. The standard InChI is InChI=1S/C23H16F2N2O3S2/c24-15-8-9-17(16(25)11-15)26-20(28)13-30-21(29)12-19-22(18-7-4-10-31-18)27-23(32-19)14-5-2-1-3-6-14/h1-11H,12-13H2,(H,26,28). The molecule has 0 unspecified atom stereocenters. The van der Waals surface area contributed by atoms with Crippen molar-refractivity contribution in [2.45, 2.75) is 6.42 Å². The van der Waals surface area contributed by atoms with E-state index in [1.54, 1.807) is 0 Å². The molecule has 32 heavy (non-hydrogen) atoms. The van der Waals surface area contributed by atoms with Gasteiger partial charge in [0.15, 0.2) is 6.61 Å². The second-order valence-electron chi connectivity index (χ2n) is 6.64. The van der Waals surface area contributed by atoms with E-state index in [0.29, 0.717) is 11.8 Å². The van der Waals surface area contributed by atoms with Crippen LogP contribution in [0.2, 0.25) is 0 Å². The van der Waals surface area contributed by atoms with E-state index in [1.165, 1.54) is 22.7 Å². The van der Waals surface area contributed by atoms with Crippen LogP contribution in [0.5, 0.6) is 0 Å². The minimum Gasteiger partial charge on any atom is -0.455 e. The summed E-state index contributed by atoms with van der Waals surface area (Å²) in [6.07, 6.45) is -0.0596. The molecule has 0 fully saturated rings. The van der Waals surface area contributed by atoms with Crippen molar-refractivity contribution in [3.05, 3.63) is 82.6 Å². The fourth-order valence-corrected chi connectivity index (χ4v) is 4.76. The van der Waals surface area contributed by atoms with Crippen LogP contribution in [0, 0.1) is 11.6 Å². The molecule has 2 heterocycles. The van der Waals surface area contributed by atoms with Crippen molar-refractivity contribution in [3.8, 4) is 21.1 Å². The van der Waals surface area contributed by atoms with Crippen LogP contribution in [0.15, 0.2) is 66.0 Å². The van der Waals surface area contributed by atoms with E-state index in [4.69, 9.17) is 9.72 Å². The average molecular weight is 471 g/mol. The molecule has 1 N–H and O–H groups in total. The Morgan fingerprint density at radius 2 is 1.84 bits per heavy atom. The van der Waals surface area contributed by atoms with E-state index in [-0.39, 0.29) is 12.1 Å². The Bertz CT molecular complexity index is 1240. The number of esters is 1. The van der Waals surface area contributed by atoms with Gasteiger partial charge in [-0.2, -0.15) is 0 Å². The first-order chi connectivity index (χ1) is 15.5. The van der Waals surface area contributed by atoms with Gasteiger partial charge >= 0.3 is 5.97 Å². The second kappa shape index (κ2) is 9.80. The molecule has 4 rings (SSSR count). The molecule has 0 bridgehead atoms. The minimum absolute atomic E-state index is 0.0596. The van der Waals surface area contributed by atoms with E-state index >= 15 is 0 Å². The first kappa shape index (κ1) is 21.8. The van der Waals surface area contributed by atoms with E-state index in [0.717, 1.165) is 32.5 Å². The molecule has 0 radical (unpaired) electrons. The van der Waals surface area contributed by atoms with Gasteiger partial charge in [0.05, 0.1) is 22.7 Å². The Kier molecular flexibility index (Phi) is 6.67. The van der Waals surface area contributed by atoms with Crippen molar-refractivity contribution < 1.29 is 23.1 Å². The third-order valence-electron chi connectivity index (χ3n) is 4.35. The first-order valence-electron chi connectivity index (χ1n) is 9.49. The van der Waals surface area contributed by atoms with Gasteiger partial charge in [0.25, 0.3) is 5.91 Å². The maximum atomic E-state index is 13.7. The van der Waals surface area contributed by atoms with Crippen molar-refractivity contribution in [1.82, 2.24) is 4.98 Å². The number of amides is 1. The second-order valence-corrected chi connectivity index (χ2v) is 8.68. The molecule has 2 aromatic carbocycles. The van der Waals surface area contributed by atoms with Gasteiger partial charge in [-0.25, -0.2) is 13.8 Å². The number of thiophene rings is 1. The molecule has 0 atom stereocenters. The lowest BCUT2D eigenvalue weighted by Gasteiger charge is -2.07. The van der Waals surface area contributed by atoms with E-state index < -0.39 is 30.1 Å². The molecule has 1 amide bonds. The Hall–Kier alpha value is -3.43. The number of nitrogens with zero attached hydrogens (tertiary/aromatic N) is 1. The number of carbonyl (C=O) groups excluding carboxylic acids is 2. The highest BCUT2D eigenvalue weighted by Gasteiger charge is 2.19. The van der Waals surface area contributed by atoms with Crippen LogP contribution in [0.3, 0.4) is 0 Å². The van der Waals surface area contributed by atoms with Crippen molar-refractivity contribution in [1.29, 1.82) is 0 Å². The van der Waals surface area contributed by atoms with Crippen LogP contribution in [-0.4, -0.2) is 23.5 Å². The smallest absolute Gasteiger partial charge is 0.311 e. The quantitative estimate of drug-likeness (QED) is 0.360. The predicted molar refractivity (Wildman–Crippen MR) is 121 cm³/mol. The number of ether oxygens (including phenoxy) is 1. The Labute approximate surface area is 190 Å². The van der Waals surface area contributed by atoms with Gasteiger partial charge in [-0.1, -0.05) is 36.4 Å². The molecule has 162 valence electrons. The van der Waals surface area contributed by atoms with Crippen molar-refractivity contribution in [2.75, 3.05) is 11.9 Å². The number of halogens is 2. The Morgan fingerprint density at radius 1 is 1.03 bits per heavy atom. The molecule has 0 aliphatic rings. The molecule has 4 aromatic rings. The topological polar surface area (TPSA) is 68.3 Å². The SMILES string of the molecule is O=C(COC(=O)Cc1sc(-c2ccccc2)nc1-c1cccs1)Nc1ccc(F)cc1F. The Morgan fingerprint density at radius 3 is 2.56 bits per heavy atom.